The van der Waals surface area contributed by atoms with E-state index in [2.05, 4.69) is 10.6 Å². The second-order valence-electron chi connectivity index (χ2n) is 6.34. The molecule has 0 unspecified atom stereocenters. The maximum atomic E-state index is 12.2. The van der Waals surface area contributed by atoms with Crippen LogP contribution in [0.3, 0.4) is 0 Å². The van der Waals surface area contributed by atoms with E-state index in [0.29, 0.717) is 0 Å². The van der Waals surface area contributed by atoms with Crippen LogP contribution in [0, 0.1) is 20.8 Å². The van der Waals surface area contributed by atoms with E-state index in [1.807, 2.05) is 46.8 Å². The molecule has 0 aliphatic carbocycles. The van der Waals surface area contributed by atoms with Crippen molar-refractivity contribution in [1.29, 1.82) is 0 Å². The summed E-state index contributed by atoms with van der Waals surface area (Å²) in [5, 5.41) is 6.12. The van der Waals surface area contributed by atoms with E-state index < -0.39 is 5.54 Å². The molecule has 0 aliphatic rings. The molecule has 2 N–H and O–H groups in total. The van der Waals surface area contributed by atoms with E-state index in [9.17, 15) is 9.59 Å². The van der Waals surface area contributed by atoms with Gasteiger partial charge in [-0.2, -0.15) is 0 Å². The Morgan fingerprint density at radius 2 is 1.74 bits per heavy atom. The summed E-state index contributed by atoms with van der Waals surface area (Å²) in [6.45, 7) is 10.0. The summed E-state index contributed by atoms with van der Waals surface area (Å²) in [6, 6.07) is 4.09. The van der Waals surface area contributed by atoms with Crippen molar-refractivity contribution in [1.82, 2.24) is 5.32 Å². The van der Waals surface area contributed by atoms with Crippen LogP contribution in [0.4, 0.5) is 5.69 Å². The van der Waals surface area contributed by atoms with Crippen molar-refractivity contribution in [3.63, 3.8) is 0 Å². The van der Waals surface area contributed by atoms with Crippen molar-refractivity contribution < 1.29 is 14.3 Å². The number of rotatable bonds is 7. The lowest BCUT2D eigenvalue weighted by molar-refractivity contribution is -0.142. The fraction of sp³-hybridized carbons (Fsp3) is 0.556. The second-order valence-corrected chi connectivity index (χ2v) is 6.34. The van der Waals surface area contributed by atoms with Crippen LogP contribution >= 0.6 is 0 Å². The van der Waals surface area contributed by atoms with Crippen LogP contribution in [0.15, 0.2) is 12.1 Å². The van der Waals surface area contributed by atoms with Crippen molar-refractivity contribution in [3.05, 3.63) is 28.8 Å². The van der Waals surface area contributed by atoms with Crippen molar-refractivity contribution in [2.24, 2.45) is 0 Å². The SMILES string of the molecule is CC[C@@](C)(CC(=O)OC)NCC(=O)Nc1c(C)cc(C)cc1C. The minimum absolute atomic E-state index is 0.121. The summed E-state index contributed by atoms with van der Waals surface area (Å²) in [5.41, 5.74) is 3.66. The fourth-order valence-corrected chi connectivity index (χ4v) is 2.56. The van der Waals surface area contributed by atoms with Gasteiger partial charge >= 0.3 is 5.97 Å². The quantitative estimate of drug-likeness (QED) is 0.758. The summed E-state index contributed by atoms with van der Waals surface area (Å²) >= 11 is 0. The van der Waals surface area contributed by atoms with Crippen LogP contribution in [-0.4, -0.2) is 31.1 Å². The van der Waals surface area contributed by atoms with Crippen LogP contribution in [0.2, 0.25) is 0 Å². The minimum Gasteiger partial charge on any atom is -0.469 e. The highest BCUT2D eigenvalue weighted by Gasteiger charge is 2.26. The normalized spacial score (nSPS) is 13.3. The largest absolute Gasteiger partial charge is 0.469 e. The Balaban J connectivity index is 2.68. The summed E-state index contributed by atoms with van der Waals surface area (Å²) < 4.78 is 4.71. The molecular weight excluding hydrogens is 292 g/mol. The molecule has 0 bridgehead atoms. The Hall–Kier alpha value is -1.88. The highest BCUT2D eigenvalue weighted by molar-refractivity contribution is 5.93. The van der Waals surface area contributed by atoms with Crippen LogP contribution < -0.4 is 10.6 Å². The molecule has 0 aliphatic heterocycles. The highest BCUT2D eigenvalue weighted by Crippen LogP contribution is 2.22. The Kier molecular flexibility index (Phi) is 6.76. The highest BCUT2D eigenvalue weighted by atomic mass is 16.5. The zero-order valence-corrected chi connectivity index (χ0v) is 15.0. The van der Waals surface area contributed by atoms with Gasteiger partial charge in [-0.1, -0.05) is 24.6 Å². The molecule has 0 saturated carbocycles. The minimum atomic E-state index is -0.457. The molecule has 0 aromatic heterocycles. The van der Waals surface area contributed by atoms with Gasteiger partial charge in [0.05, 0.1) is 20.1 Å². The van der Waals surface area contributed by atoms with E-state index in [-0.39, 0.29) is 24.8 Å². The number of nitrogens with one attached hydrogen (secondary N) is 2. The molecule has 0 radical (unpaired) electrons. The molecule has 1 aromatic carbocycles. The zero-order valence-electron chi connectivity index (χ0n) is 15.0. The lowest BCUT2D eigenvalue weighted by Gasteiger charge is -2.28. The van der Waals surface area contributed by atoms with Crippen LogP contribution in [0.5, 0.6) is 0 Å². The van der Waals surface area contributed by atoms with Crippen LogP contribution in [-0.2, 0) is 14.3 Å². The molecule has 1 rings (SSSR count). The molecule has 1 amide bonds. The Morgan fingerprint density at radius 1 is 1.17 bits per heavy atom. The molecule has 1 aromatic rings. The van der Waals surface area contributed by atoms with Gasteiger partial charge in [0.2, 0.25) is 5.91 Å². The molecule has 23 heavy (non-hydrogen) atoms. The van der Waals surface area contributed by atoms with Crippen molar-refractivity contribution in [3.8, 4) is 0 Å². The van der Waals surface area contributed by atoms with Crippen molar-refractivity contribution >= 4 is 17.6 Å². The van der Waals surface area contributed by atoms with Crippen molar-refractivity contribution in [2.45, 2.75) is 53.0 Å². The number of methoxy groups -OCH3 is 1. The maximum absolute atomic E-state index is 12.2. The molecule has 128 valence electrons. The van der Waals surface area contributed by atoms with Gasteiger partial charge in [0.15, 0.2) is 0 Å². The molecule has 0 saturated heterocycles. The number of benzene rings is 1. The van der Waals surface area contributed by atoms with Gasteiger partial charge in [-0.15, -0.1) is 0 Å². The summed E-state index contributed by atoms with van der Waals surface area (Å²) in [5.74, 6) is -0.405. The van der Waals surface area contributed by atoms with Gasteiger partial charge in [0, 0.05) is 11.2 Å². The number of carbonyl (C=O) groups excluding carboxylic acids is 2. The Labute approximate surface area is 138 Å². The standard InChI is InChI=1S/C18H28N2O3/c1-7-18(5,10-16(22)23-6)19-11-15(21)20-17-13(3)8-12(2)9-14(17)4/h8-9,19H,7,10-11H2,1-6H3,(H,20,21)/t18-/m0/s1. The number of amides is 1. The fourth-order valence-electron chi connectivity index (χ4n) is 2.56. The first-order chi connectivity index (χ1) is 10.7. The number of hydrogen-bond donors (Lipinski definition) is 2. The smallest absolute Gasteiger partial charge is 0.307 e. The Bertz CT molecular complexity index is 561. The summed E-state index contributed by atoms with van der Waals surface area (Å²) in [4.78, 5) is 23.7. The maximum Gasteiger partial charge on any atom is 0.307 e. The third kappa shape index (κ3) is 5.67. The third-order valence-electron chi connectivity index (χ3n) is 4.16. The molecule has 5 heteroatoms. The molecule has 5 nitrogen and oxygen atoms in total. The first-order valence-corrected chi connectivity index (χ1v) is 7.90. The number of anilines is 1. The first-order valence-electron chi connectivity index (χ1n) is 7.90. The third-order valence-corrected chi connectivity index (χ3v) is 4.16. The first kappa shape index (κ1) is 19.2. The average Bonchev–Trinajstić information content (AvgIpc) is 2.48. The Morgan fingerprint density at radius 3 is 2.22 bits per heavy atom. The molecule has 0 heterocycles. The predicted octanol–water partition coefficient (Wildman–Crippen LogP) is 2.87. The molecule has 0 spiro atoms. The summed E-state index contributed by atoms with van der Waals surface area (Å²) in [7, 11) is 1.37. The lowest BCUT2D eigenvalue weighted by atomic mass is 9.94. The van der Waals surface area contributed by atoms with Gasteiger partial charge in [0.1, 0.15) is 0 Å². The van der Waals surface area contributed by atoms with Gasteiger partial charge in [-0.25, -0.2) is 0 Å². The van der Waals surface area contributed by atoms with Gasteiger partial charge in [0.25, 0.3) is 0 Å². The van der Waals surface area contributed by atoms with Gasteiger partial charge in [-0.3, -0.25) is 9.59 Å². The topological polar surface area (TPSA) is 67.4 Å². The van der Waals surface area contributed by atoms with E-state index in [4.69, 9.17) is 4.74 Å². The number of hydrogen-bond acceptors (Lipinski definition) is 4. The average molecular weight is 320 g/mol. The van der Waals surface area contributed by atoms with E-state index >= 15 is 0 Å². The zero-order chi connectivity index (χ0) is 17.6. The number of carbonyl (C=O) groups is 2. The van der Waals surface area contributed by atoms with E-state index in [0.717, 1.165) is 23.2 Å². The number of ether oxygens (including phenoxy) is 1. The van der Waals surface area contributed by atoms with Crippen LogP contribution in [0.25, 0.3) is 0 Å². The predicted molar refractivity (Wildman–Crippen MR) is 92.6 cm³/mol. The van der Waals surface area contributed by atoms with Gasteiger partial charge < -0.3 is 15.4 Å². The number of esters is 1. The van der Waals surface area contributed by atoms with Gasteiger partial charge in [-0.05, 0) is 45.2 Å². The monoisotopic (exact) mass is 320 g/mol. The molecule has 1 atom stereocenters. The van der Waals surface area contributed by atoms with E-state index in [1.165, 1.54) is 12.7 Å². The lowest BCUT2D eigenvalue weighted by Crippen LogP contribution is -2.47. The number of aryl methyl sites for hydroxylation is 3. The van der Waals surface area contributed by atoms with Crippen molar-refractivity contribution in [2.75, 3.05) is 19.0 Å². The second kappa shape index (κ2) is 8.11. The summed E-state index contributed by atoms with van der Waals surface area (Å²) in [6.07, 6.45) is 0.952. The van der Waals surface area contributed by atoms with E-state index in [1.54, 1.807) is 0 Å². The molecular formula is C18H28N2O3. The molecule has 0 fully saturated rings. The van der Waals surface area contributed by atoms with Crippen LogP contribution in [0.1, 0.15) is 43.4 Å².